The topological polar surface area (TPSA) is 41.5 Å². The van der Waals surface area contributed by atoms with Crippen molar-refractivity contribution in [1.29, 1.82) is 0 Å². The zero-order valence-electron chi connectivity index (χ0n) is 12.9. The Morgan fingerprint density at radius 3 is 2.31 bits per heavy atom. The maximum atomic E-state index is 14.0. The summed E-state index contributed by atoms with van der Waals surface area (Å²) >= 11 is 7.43. The molecular weight excluding hydrogens is 496 g/mol. The van der Waals surface area contributed by atoms with E-state index < -0.39 is 35.2 Å². The lowest BCUT2D eigenvalue weighted by atomic mass is 10.2. The molecule has 1 unspecified atom stereocenters. The van der Waals surface area contributed by atoms with E-state index in [1.54, 1.807) is 6.07 Å². The van der Waals surface area contributed by atoms with Gasteiger partial charge in [-0.2, -0.15) is 13.2 Å². The molecule has 2 N–H and O–H groups in total. The van der Waals surface area contributed by atoms with Crippen molar-refractivity contribution in [2.24, 2.45) is 0 Å². The second-order valence-electron chi connectivity index (χ2n) is 5.20. The molecule has 10 heteroatoms. The van der Waals surface area contributed by atoms with Crippen molar-refractivity contribution in [2.45, 2.75) is 12.3 Å². The highest BCUT2D eigenvalue weighted by atomic mass is 127. The molecule has 0 aliphatic rings. The van der Waals surface area contributed by atoms with Gasteiger partial charge in [-0.05, 0) is 52.9 Å². The van der Waals surface area contributed by atoms with Crippen LogP contribution in [0.5, 0.6) is 11.5 Å². The van der Waals surface area contributed by atoms with Crippen LogP contribution in [-0.4, -0.2) is 23.6 Å². The number of ether oxygens (including phenoxy) is 1. The number of hydrogen-bond acceptors (Lipinski definition) is 3. The molecule has 1 atom stereocenters. The summed E-state index contributed by atoms with van der Waals surface area (Å²) in [6.45, 7) is 0.0401. The number of benzene rings is 2. The zero-order valence-corrected chi connectivity index (χ0v) is 15.8. The number of alkyl halides is 4. The molecule has 2 aromatic carbocycles. The summed E-state index contributed by atoms with van der Waals surface area (Å²) in [5.41, 5.74) is -1.17. The van der Waals surface area contributed by atoms with Crippen molar-refractivity contribution in [3.05, 3.63) is 51.1 Å². The average molecular weight is 508 g/mol. The Morgan fingerprint density at radius 1 is 1.15 bits per heavy atom. The van der Waals surface area contributed by atoms with E-state index in [1.807, 2.05) is 22.6 Å². The van der Waals surface area contributed by atoms with Crippen molar-refractivity contribution in [3.8, 4) is 11.5 Å². The fourth-order valence-electron chi connectivity index (χ4n) is 1.94. The van der Waals surface area contributed by atoms with Crippen LogP contribution in [0.15, 0.2) is 30.3 Å². The van der Waals surface area contributed by atoms with Crippen LogP contribution >= 0.6 is 34.2 Å². The molecule has 0 aliphatic heterocycles. The van der Waals surface area contributed by atoms with Crippen molar-refractivity contribution in [1.82, 2.24) is 0 Å². The monoisotopic (exact) mass is 507 g/mol. The lowest BCUT2D eigenvalue weighted by Gasteiger charge is -2.16. The highest BCUT2D eigenvalue weighted by Gasteiger charge is 2.33. The summed E-state index contributed by atoms with van der Waals surface area (Å²) in [6.07, 6.45) is -5.75. The van der Waals surface area contributed by atoms with E-state index in [0.29, 0.717) is 3.57 Å². The predicted molar refractivity (Wildman–Crippen MR) is 95.8 cm³/mol. The van der Waals surface area contributed by atoms with Crippen molar-refractivity contribution < 1.29 is 31.8 Å². The number of aliphatic hydroxyl groups is 1. The van der Waals surface area contributed by atoms with Crippen LogP contribution in [0.25, 0.3) is 0 Å². The van der Waals surface area contributed by atoms with Crippen LogP contribution in [0.3, 0.4) is 0 Å². The van der Waals surface area contributed by atoms with Gasteiger partial charge < -0.3 is 15.2 Å². The van der Waals surface area contributed by atoms with Gasteiger partial charge in [0.2, 0.25) is 0 Å². The SMILES string of the molecule is OC(CCl)CNc1ccc(I)cc1Oc1c(F)cc(C(F)(F)F)cc1F. The third-order valence-corrected chi connectivity index (χ3v) is 4.21. The second kappa shape index (κ2) is 8.57. The predicted octanol–water partition coefficient (Wildman–Crippen LogP) is 5.39. The Bertz CT molecular complexity index is 765. The first-order chi connectivity index (χ1) is 12.1. The molecular formula is C16H12ClF5INO2. The number of rotatable bonds is 6. The van der Waals surface area contributed by atoms with E-state index in [1.165, 1.54) is 12.1 Å². The standard InChI is InChI=1S/C16H12ClF5INO2/c17-6-10(25)7-24-13-2-1-9(23)5-14(13)26-15-11(18)3-8(4-12(15)19)16(20,21)22/h1-5,10,24-25H,6-7H2. The molecule has 0 heterocycles. The third kappa shape index (κ3) is 5.34. The molecule has 3 nitrogen and oxygen atoms in total. The molecule has 2 aromatic rings. The summed E-state index contributed by atoms with van der Waals surface area (Å²) < 4.78 is 71.7. The minimum Gasteiger partial charge on any atom is -0.449 e. The molecule has 0 radical (unpaired) electrons. The van der Waals surface area contributed by atoms with Gasteiger partial charge in [0.05, 0.1) is 23.2 Å². The summed E-state index contributed by atoms with van der Waals surface area (Å²) in [7, 11) is 0. The van der Waals surface area contributed by atoms with E-state index in [4.69, 9.17) is 16.3 Å². The lowest BCUT2D eigenvalue weighted by Crippen LogP contribution is -2.21. The maximum absolute atomic E-state index is 14.0. The zero-order chi connectivity index (χ0) is 19.5. The second-order valence-corrected chi connectivity index (χ2v) is 6.75. The summed E-state index contributed by atoms with van der Waals surface area (Å²) in [5, 5.41) is 12.3. The van der Waals surface area contributed by atoms with Crippen molar-refractivity contribution in [3.63, 3.8) is 0 Å². The Hall–Kier alpha value is -1.33. The molecule has 0 amide bonds. The van der Waals surface area contributed by atoms with Gasteiger partial charge in [-0.3, -0.25) is 0 Å². The molecule has 0 aliphatic carbocycles. The Kier molecular flexibility index (Phi) is 6.92. The van der Waals surface area contributed by atoms with Gasteiger partial charge in [-0.25, -0.2) is 8.78 Å². The van der Waals surface area contributed by atoms with Crippen LogP contribution in [-0.2, 0) is 6.18 Å². The van der Waals surface area contributed by atoms with Gasteiger partial charge in [-0.1, -0.05) is 0 Å². The smallest absolute Gasteiger partial charge is 0.416 e. The van der Waals surface area contributed by atoms with E-state index in [-0.39, 0.29) is 36.0 Å². The number of hydrogen-bond donors (Lipinski definition) is 2. The minimum absolute atomic E-state index is 0.0174. The molecule has 2 rings (SSSR count). The van der Waals surface area contributed by atoms with Crippen LogP contribution in [0.1, 0.15) is 5.56 Å². The fourth-order valence-corrected chi connectivity index (χ4v) is 2.51. The lowest BCUT2D eigenvalue weighted by molar-refractivity contribution is -0.138. The summed E-state index contributed by atoms with van der Waals surface area (Å²) in [5.74, 6) is -3.97. The molecule has 142 valence electrons. The highest BCUT2D eigenvalue weighted by molar-refractivity contribution is 14.1. The Balaban J connectivity index is 2.34. The van der Waals surface area contributed by atoms with Gasteiger partial charge >= 0.3 is 6.18 Å². The van der Waals surface area contributed by atoms with E-state index >= 15 is 0 Å². The highest BCUT2D eigenvalue weighted by Crippen LogP contribution is 2.37. The Labute approximate surface area is 164 Å². The summed E-state index contributed by atoms with van der Waals surface area (Å²) in [4.78, 5) is 0. The van der Waals surface area contributed by atoms with Gasteiger partial charge in [0.25, 0.3) is 0 Å². The van der Waals surface area contributed by atoms with E-state index in [0.717, 1.165) is 0 Å². The fraction of sp³-hybridized carbons (Fsp3) is 0.250. The van der Waals surface area contributed by atoms with Gasteiger partial charge in [0.15, 0.2) is 23.1 Å². The molecule has 26 heavy (non-hydrogen) atoms. The maximum Gasteiger partial charge on any atom is 0.416 e. The Morgan fingerprint density at radius 2 is 1.77 bits per heavy atom. The molecule has 0 saturated heterocycles. The van der Waals surface area contributed by atoms with Gasteiger partial charge in [0.1, 0.15) is 0 Å². The van der Waals surface area contributed by atoms with Crippen LogP contribution in [0.2, 0.25) is 0 Å². The number of nitrogens with one attached hydrogen (secondary N) is 1. The van der Waals surface area contributed by atoms with Crippen LogP contribution in [0, 0.1) is 15.2 Å². The van der Waals surface area contributed by atoms with Gasteiger partial charge in [-0.15, -0.1) is 11.6 Å². The quantitative estimate of drug-likeness (QED) is 0.313. The van der Waals surface area contributed by atoms with E-state index in [9.17, 15) is 27.1 Å². The van der Waals surface area contributed by atoms with E-state index in [2.05, 4.69) is 5.32 Å². The molecule has 0 aromatic heterocycles. The number of halogens is 7. The third-order valence-electron chi connectivity index (χ3n) is 3.19. The first kappa shape index (κ1) is 21.0. The minimum atomic E-state index is -4.88. The van der Waals surface area contributed by atoms with Crippen molar-refractivity contribution >= 4 is 39.9 Å². The average Bonchev–Trinajstić information content (AvgIpc) is 2.55. The van der Waals surface area contributed by atoms with Gasteiger partial charge in [0, 0.05) is 10.1 Å². The normalized spacial score (nSPS) is 12.8. The molecule has 0 fully saturated rings. The largest absolute Gasteiger partial charge is 0.449 e. The number of anilines is 1. The van der Waals surface area contributed by atoms with Crippen LogP contribution in [0.4, 0.5) is 27.6 Å². The molecule has 0 bridgehead atoms. The molecule has 0 saturated carbocycles. The first-order valence-corrected chi connectivity index (χ1v) is 8.74. The number of aliphatic hydroxyl groups excluding tert-OH is 1. The molecule has 0 spiro atoms. The van der Waals surface area contributed by atoms with Crippen molar-refractivity contribution in [2.75, 3.05) is 17.7 Å². The first-order valence-electron chi connectivity index (χ1n) is 7.13. The van der Waals surface area contributed by atoms with Crippen LogP contribution < -0.4 is 10.1 Å². The summed E-state index contributed by atoms with van der Waals surface area (Å²) in [6, 6.07) is 4.97.